The molecule has 1 saturated heterocycles. The second kappa shape index (κ2) is 5.73. The third-order valence-corrected chi connectivity index (χ3v) is 6.29. The summed E-state index contributed by atoms with van der Waals surface area (Å²) in [7, 11) is -1.38. The standard InChI is InChI=1S/C14H20N4O2S/c1-18(16-10-11-6-8-15-9-7-11)14-12-4-2-3-5-13(12)21(19,20)17-14/h6-10,12-14,17H,2-5H2,1H3/b16-10+. The lowest BCUT2D eigenvalue weighted by molar-refractivity contribution is 0.161. The first kappa shape index (κ1) is 14.5. The summed E-state index contributed by atoms with van der Waals surface area (Å²) in [6, 6.07) is 3.72. The van der Waals surface area contributed by atoms with Crippen LogP contribution in [0.1, 0.15) is 31.2 Å². The van der Waals surface area contributed by atoms with E-state index in [0.717, 1.165) is 31.2 Å². The van der Waals surface area contributed by atoms with Gasteiger partial charge in [0.2, 0.25) is 10.0 Å². The molecular weight excluding hydrogens is 288 g/mol. The zero-order chi connectivity index (χ0) is 14.9. The van der Waals surface area contributed by atoms with E-state index in [-0.39, 0.29) is 17.3 Å². The SMILES string of the molecule is CN(/N=C/c1ccncc1)C1NS(=O)(=O)C2CCCCC12. The van der Waals surface area contributed by atoms with Crippen molar-refractivity contribution in [2.24, 2.45) is 11.0 Å². The summed E-state index contributed by atoms with van der Waals surface area (Å²) in [5.41, 5.74) is 0.942. The molecule has 1 aromatic heterocycles. The van der Waals surface area contributed by atoms with E-state index in [0.29, 0.717) is 0 Å². The maximum absolute atomic E-state index is 12.2. The van der Waals surface area contributed by atoms with Crippen LogP contribution in [-0.2, 0) is 10.0 Å². The van der Waals surface area contributed by atoms with Gasteiger partial charge >= 0.3 is 0 Å². The lowest BCUT2D eigenvalue weighted by Gasteiger charge is -2.30. The van der Waals surface area contributed by atoms with Gasteiger partial charge in [-0.15, -0.1) is 0 Å². The summed E-state index contributed by atoms with van der Waals surface area (Å²) in [5.74, 6) is 0.128. The summed E-state index contributed by atoms with van der Waals surface area (Å²) < 4.78 is 27.2. The number of aromatic nitrogens is 1. The number of rotatable bonds is 3. The van der Waals surface area contributed by atoms with Gasteiger partial charge in [0.25, 0.3) is 0 Å². The van der Waals surface area contributed by atoms with Crippen molar-refractivity contribution >= 4 is 16.2 Å². The van der Waals surface area contributed by atoms with Gasteiger partial charge in [0, 0.05) is 25.4 Å². The summed E-state index contributed by atoms with van der Waals surface area (Å²) >= 11 is 0. The first-order valence-electron chi connectivity index (χ1n) is 7.26. The van der Waals surface area contributed by atoms with Gasteiger partial charge in [0.15, 0.2) is 0 Å². The summed E-state index contributed by atoms with van der Waals surface area (Å²) in [5, 5.41) is 5.86. The number of nitrogens with zero attached hydrogens (tertiary/aromatic N) is 3. The van der Waals surface area contributed by atoms with Crippen molar-refractivity contribution in [1.29, 1.82) is 0 Å². The normalized spacial score (nSPS) is 31.2. The molecule has 3 unspecified atom stereocenters. The fourth-order valence-electron chi connectivity index (χ4n) is 3.25. The molecule has 114 valence electrons. The number of pyridine rings is 1. The van der Waals surface area contributed by atoms with Crippen LogP contribution in [0.5, 0.6) is 0 Å². The molecule has 0 spiro atoms. The molecule has 1 aliphatic heterocycles. The molecule has 1 saturated carbocycles. The van der Waals surface area contributed by atoms with E-state index in [9.17, 15) is 8.42 Å². The molecular formula is C14H20N4O2S. The molecule has 7 heteroatoms. The molecule has 0 amide bonds. The summed E-state index contributed by atoms with van der Waals surface area (Å²) in [4.78, 5) is 3.96. The van der Waals surface area contributed by atoms with Crippen LogP contribution >= 0.6 is 0 Å². The molecule has 2 aliphatic rings. The van der Waals surface area contributed by atoms with E-state index in [1.54, 1.807) is 23.6 Å². The van der Waals surface area contributed by atoms with Gasteiger partial charge in [-0.3, -0.25) is 9.99 Å². The summed E-state index contributed by atoms with van der Waals surface area (Å²) in [6.07, 6.45) is 8.70. The van der Waals surface area contributed by atoms with Crippen LogP contribution in [0, 0.1) is 5.92 Å². The average Bonchev–Trinajstić information content (AvgIpc) is 2.78. The highest BCUT2D eigenvalue weighted by Gasteiger charge is 2.49. The zero-order valence-corrected chi connectivity index (χ0v) is 12.8. The van der Waals surface area contributed by atoms with E-state index >= 15 is 0 Å². The molecule has 21 heavy (non-hydrogen) atoms. The minimum Gasteiger partial charge on any atom is -0.282 e. The highest BCUT2D eigenvalue weighted by molar-refractivity contribution is 7.90. The summed E-state index contributed by atoms with van der Waals surface area (Å²) in [6.45, 7) is 0. The Hall–Kier alpha value is -1.47. The fourth-order valence-corrected chi connectivity index (χ4v) is 5.31. The van der Waals surface area contributed by atoms with E-state index in [2.05, 4.69) is 14.8 Å². The van der Waals surface area contributed by atoms with Gasteiger partial charge in [-0.1, -0.05) is 12.8 Å². The number of fused-ring (bicyclic) bond motifs is 1. The number of hydrogen-bond acceptors (Lipinski definition) is 5. The molecule has 1 N–H and O–H groups in total. The van der Waals surface area contributed by atoms with Gasteiger partial charge in [0.1, 0.15) is 6.17 Å². The third kappa shape index (κ3) is 2.94. The van der Waals surface area contributed by atoms with Crippen molar-refractivity contribution in [2.45, 2.75) is 37.1 Å². The first-order chi connectivity index (χ1) is 10.1. The highest BCUT2D eigenvalue weighted by atomic mass is 32.2. The van der Waals surface area contributed by atoms with E-state index in [1.807, 2.05) is 19.2 Å². The van der Waals surface area contributed by atoms with Gasteiger partial charge in [-0.2, -0.15) is 9.82 Å². The van der Waals surface area contributed by atoms with E-state index < -0.39 is 10.0 Å². The minimum absolute atomic E-state index is 0.128. The number of hydrogen-bond donors (Lipinski definition) is 1. The molecule has 2 heterocycles. The molecule has 0 aromatic carbocycles. The van der Waals surface area contributed by atoms with Gasteiger partial charge < -0.3 is 0 Å². The molecule has 6 nitrogen and oxygen atoms in total. The smallest absolute Gasteiger partial charge is 0.216 e. The maximum atomic E-state index is 12.2. The average molecular weight is 308 g/mol. The van der Waals surface area contributed by atoms with Crippen LogP contribution in [0.25, 0.3) is 0 Å². The van der Waals surface area contributed by atoms with Gasteiger partial charge in [0.05, 0.1) is 11.5 Å². The van der Waals surface area contributed by atoms with Crippen LogP contribution in [0.4, 0.5) is 0 Å². The Kier molecular flexibility index (Phi) is 3.95. The lowest BCUT2D eigenvalue weighted by Crippen LogP contribution is -2.41. The number of hydrazone groups is 1. The van der Waals surface area contributed by atoms with Crippen LogP contribution in [0.3, 0.4) is 0 Å². The second-order valence-electron chi connectivity index (χ2n) is 5.69. The van der Waals surface area contributed by atoms with E-state index in [1.165, 1.54) is 0 Å². The van der Waals surface area contributed by atoms with Crippen molar-refractivity contribution in [3.63, 3.8) is 0 Å². The van der Waals surface area contributed by atoms with Crippen LogP contribution < -0.4 is 4.72 Å². The van der Waals surface area contributed by atoms with Crippen molar-refractivity contribution < 1.29 is 8.42 Å². The first-order valence-corrected chi connectivity index (χ1v) is 8.80. The molecule has 2 fully saturated rings. The van der Waals surface area contributed by atoms with Crippen molar-refractivity contribution in [1.82, 2.24) is 14.7 Å². The second-order valence-corrected chi connectivity index (χ2v) is 7.62. The molecule has 0 radical (unpaired) electrons. The molecule has 3 atom stereocenters. The topological polar surface area (TPSA) is 74.7 Å². The Balaban J connectivity index is 1.75. The third-order valence-electron chi connectivity index (χ3n) is 4.34. The number of nitrogens with one attached hydrogen (secondary N) is 1. The quantitative estimate of drug-likeness (QED) is 0.672. The van der Waals surface area contributed by atoms with Crippen LogP contribution in [-0.4, -0.2) is 43.1 Å². The van der Waals surface area contributed by atoms with Crippen molar-refractivity contribution in [3.05, 3.63) is 30.1 Å². The van der Waals surface area contributed by atoms with Crippen molar-refractivity contribution in [2.75, 3.05) is 7.05 Å². The van der Waals surface area contributed by atoms with Crippen LogP contribution in [0.15, 0.2) is 29.6 Å². The minimum atomic E-state index is -3.20. The number of sulfonamides is 1. The Bertz CT molecular complexity index is 617. The van der Waals surface area contributed by atoms with E-state index in [4.69, 9.17) is 0 Å². The monoisotopic (exact) mass is 308 g/mol. The predicted molar refractivity (Wildman–Crippen MR) is 81.2 cm³/mol. The van der Waals surface area contributed by atoms with Crippen LogP contribution in [0.2, 0.25) is 0 Å². The Morgan fingerprint density at radius 3 is 2.81 bits per heavy atom. The molecule has 3 rings (SSSR count). The fraction of sp³-hybridized carbons (Fsp3) is 0.571. The van der Waals surface area contributed by atoms with Gasteiger partial charge in [-0.25, -0.2) is 8.42 Å². The Morgan fingerprint density at radius 2 is 2.05 bits per heavy atom. The molecule has 1 aromatic rings. The maximum Gasteiger partial charge on any atom is 0.216 e. The Morgan fingerprint density at radius 1 is 1.33 bits per heavy atom. The van der Waals surface area contributed by atoms with Gasteiger partial charge in [-0.05, 0) is 30.5 Å². The largest absolute Gasteiger partial charge is 0.282 e. The molecule has 1 aliphatic carbocycles. The lowest BCUT2D eigenvalue weighted by atomic mass is 9.87. The Labute approximate surface area is 125 Å². The predicted octanol–water partition coefficient (Wildman–Crippen LogP) is 1.17. The van der Waals surface area contributed by atoms with Crippen molar-refractivity contribution in [3.8, 4) is 0 Å². The molecule has 0 bridgehead atoms. The highest BCUT2D eigenvalue weighted by Crippen LogP contribution is 2.37. The zero-order valence-electron chi connectivity index (χ0n) is 12.0.